The van der Waals surface area contributed by atoms with Gasteiger partial charge in [0.2, 0.25) is 0 Å². The number of aliphatic hydroxyl groups is 1. The van der Waals surface area contributed by atoms with Crippen LogP contribution < -0.4 is 5.32 Å². The number of nitrogens with one attached hydrogen (secondary N) is 1. The van der Waals surface area contributed by atoms with Gasteiger partial charge >= 0.3 is 0 Å². The Kier molecular flexibility index (Phi) is 4.16. The zero-order valence-corrected chi connectivity index (χ0v) is 13.6. The molecule has 0 saturated heterocycles. The van der Waals surface area contributed by atoms with Crippen LogP contribution in [-0.2, 0) is 0 Å². The molecule has 0 amide bonds. The van der Waals surface area contributed by atoms with E-state index in [0.29, 0.717) is 17.4 Å². The second-order valence-electron chi connectivity index (χ2n) is 8.68. The predicted molar refractivity (Wildman–Crippen MR) is 83.5 cm³/mol. The van der Waals surface area contributed by atoms with Crippen molar-refractivity contribution in [3.05, 3.63) is 0 Å². The van der Waals surface area contributed by atoms with Crippen LogP contribution in [0, 0.1) is 29.1 Å². The molecular formula is C18H33NO. The van der Waals surface area contributed by atoms with E-state index in [1.165, 1.54) is 38.5 Å². The minimum atomic E-state index is 0.287. The molecule has 20 heavy (non-hydrogen) atoms. The monoisotopic (exact) mass is 279 g/mol. The Hall–Kier alpha value is -0.0800. The van der Waals surface area contributed by atoms with Crippen LogP contribution in [0.25, 0.3) is 0 Å². The summed E-state index contributed by atoms with van der Waals surface area (Å²) >= 11 is 0. The Morgan fingerprint density at radius 2 is 1.50 bits per heavy atom. The third kappa shape index (κ3) is 2.78. The molecule has 0 spiro atoms. The normalized spacial score (nSPS) is 42.1. The van der Waals surface area contributed by atoms with Crippen LogP contribution in [-0.4, -0.2) is 23.8 Å². The predicted octanol–water partition coefficient (Wildman–Crippen LogP) is 3.59. The van der Waals surface area contributed by atoms with Gasteiger partial charge in [-0.2, -0.15) is 0 Å². The molecule has 4 saturated carbocycles. The Bertz CT molecular complexity index is 303. The van der Waals surface area contributed by atoms with Gasteiger partial charge in [-0.3, -0.25) is 0 Å². The van der Waals surface area contributed by atoms with Gasteiger partial charge in [0.15, 0.2) is 0 Å². The first kappa shape index (κ1) is 14.8. The lowest BCUT2D eigenvalue weighted by molar-refractivity contribution is -0.0733. The van der Waals surface area contributed by atoms with Crippen molar-refractivity contribution >= 4 is 0 Å². The standard InChI is InChI=1S/C18H33NO/c1-12(2)4-17(11-20)19-13(3)18-8-14-5-15(9-18)7-16(6-14)10-18/h12-17,19-20H,4-11H2,1-3H3/t13?,14?,15?,16?,17-,18?/m0/s1. The summed E-state index contributed by atoms with van der Waals surface area (Å²) in [4.78, 5) is 0. The maximum Gasteiger partial charge on any atom is 0.0584 e. The van der Waals surface area contributed by atoms with Gasteiger partial charge < -0.3 is 10.4 Å². The van der Waals surface area contributed by atoms with Crippen LogP contribution in [0.15, 0.2) is 0 Å². The van der Waals surface area contributed by atoms with Gasteiger partial charge in [0.1, 0.15) is 0 Å². The average Bonchev–Trinajstić information content (AvgIpc) is 2.35. The molecule has 4 rings (SSSR count). The molecule has 4 bridgehead atoms. The summed E-state index contributed by atoms with van der Waals surface area (Å²) in [5, 5.41) is 13.4. The summed E-state index contributed by atoms with van der Waals surface area (Å²) in [5.41, 5.74) is 0.555. The molecule has 0 aromatic carbocycles. The number of aliphatic hydroxyl groups excluding tert-OH is 1. The van der Waals surface area contributed by atoms with Crippen LogP contribution >= 0.6 is 0 Å². The van der Waals surface area contributed by atoms with E-state index in [1.54, 1.807) is 0 Å². The van der Waals surface area contributed by atoms with E-state index in [4.69, 9.17) is 0 Å². The Balaban J connectivity index is 1.65. The highest BCUT2D eigenvalue weighted by molar-refractivity contribution is 5.05. The summed E-state index contributed by atoms with van der Waals surface area (Å²) in [6.07, 6.45) is 9.99. The molecule has 1 unspecified atom stereocenters. The summed E-state index contributed by atoms with van der Waals surface area (Å²) in [7, 11) is 0. The Morgan fingerprint density at radius 3 is 1.90 bits per heavy atom. The van der Waals surface area contributed by atoms with Crippen molar-refractivity contribution in [1.29, 1.82) is 0 Å². The van der Waals surface area contributed by atoms with Gasteiger partial charge in [-0.05, 0) is 81.0 Å². The topological polar surface area (TPSA) is 32.3 Å². The smallest absolute Gasteiger partial charge is 0.0584 e. The molecule has 0 heterocycles. The van der Waals surface area contributed by atoms with Crippen molar-refractivity contribution in [1.82, 2.24) is 5.32 Å². The number of hydrogen-bond acceptors (Lipinski definition) is 2. The zero-order valence-electron chi connectivity index (χ0n) is 13.6. The molecule has 4 aliphatic carbocycles. The molecule has 2 atom stereocenters. The fourth-order valence-corrected chi connectivity index (χ4v) is 6.00. The number of hydrogen-bond donors (Lipinski definition) is 2. The van der Waals surface area contributed by atoms with E-state index in [0.717, 1.165) is 24.2 Å². The first-order valence-corrected chi connectivity index (χ1v) is 8.87. The van der Waals surface area contributed by atoms with E-state index in [1.807, 2.05) is 0 Å². The van der Waals surface area contributed by atoms with E-state index in [-0.39, 0.29) is 12.6 Å². The van der Waals surface area contributed by atoms with Crippen molar-refractivity contribution in [2.45, 2.75) is 77.8 Å². The average molecular weight is 279 g/mol. The molecule has 4 aliphatic rings. The minimum Gasteiger partial charge on any atom is -0.395 e. The van der Waals surface area contributed by atoms with Gasteiger partial charge in [0, 0.05) is 12.1 Å². The van der Waals surface area contributed by atoms with Crippen LogP contribution in [0.4, 0.5) is 0 Å². The largest absolute Gasteiger partial charge is 0.395 e. The van der Waals surface area contributed by atoms with Gasteiger partial charge in [0.05, 0.1) is 6.61 Å². The highest BCUT2D eigenvalue weighted by atomic mass is 16.3. The first-order valence-electron chi connectivity index (χ1n) is 8.87. The lowest BCUT2D eigenvalue weighted by atomic mass is 9.48. The third-order valence-electron chi connectivity index (χ3n) is 6.47. The lowest BCUT2D eigenvalue weighted by Gasteiger charge is -2.59. The maximum atomic E-state index is 9.64. The zero-order chi connectivity index (χ0) is 14.3. The summed E-state index contributed by atoms with van der Waals surface area (Å²) in [6.45, 7) is 7.18. The highest BCUT2D eigenvalue weighted by Gasteiger charge is 2.53. The van der Waals surface area contributed by atoms with Crippen LogP contribution in [0.1, 0.15) is 65.7 Å². The highest BCUT2D eigenvalue weighted by Crippen LogP contribution is 2.61. The van der Waals surface area contributed by atoms with E-state index >= 15 is 0 Å². The van der Waals surface area contributed by atoms with Crippen LogP contribution in [0.2, 0.25) is 0 Å². The van der Waals surface area contributed by atoms with Crippen molar-refractivity contribution in [3.63, 3.8) is 0 Å². The van der Waals surface area contributed by atoms with Crippen molar-refractivity contribution in [2.24, 2.45) is 29.1 Å². The molecule has 0 aromatic rings. The second kappa shape index (κ2) is 5.61. The molecule has 0 aliphatic heterocycles. The molecule has 116 valence electrons. The van der Waals surface area contributed by atoms with Gasteiger partial charge in [-0.1, -0.05) is 13.8 Å². The second-order valence-corrected chi connectivity index (χ2v) is 8.68. The third-order valence-corrected chi connectivity index (χ3v) is 6.47. The summed E-state index contributed by atoms with van der Waals surface area (Å²) < 4.78 is 0. The Labute approximate surface area is 124 Å². The van der Waals surface area contributed by atoms with E-state index in [2.05, 4.69) is 26.1 Å². The number of rotatable bonds is 6. The van der Waals surface area contributed by atoms with Gasteiger partial charge in [-0.25, -0.2) is 0 Å². The fraction of sp³-hybridized carbons (Fsp3) is 1.00. The molecule has 4 fully saturated rings. The van der Waals surface area contributed by atoms with E-state index in [9.17, 15) is 5.11 Å². The Morgan fingerprint density at radius 1 is 1.00 bits per heavy atom. The lowest BCUT2D eigenvalue weighted by Crippen LogP contribution is -2.57. The molecule has 2 nitrogen and oxygen atoms in total. The van der Waals surface area contributed by atoms with Crippen molar-refractivity contribution < 1.29 is 5.11 Å². The van der Waals surface area contributed by atoms with Crippen LogP contribution in [0.3, 0.4) is 0 Å². The van der Waals surface area contributed by atoms with Gasteiger partial charge in [-0.15, -0.1) is 0 Å². The van der Waals surface area contributed by atoms with Crippen molar-refractivity contribution in [3.8, 4) is 0 Å². The fourth-order valence-electron chi connectivity index (χ4n) is 6.00. The molecule has 2 N–H and O–H groups in total. The molecular weight excluding hydrogens is 246 g/mol. The first-order chi connectivity index (χ1) is 9.50. The molecule has 0 aromatic heterocycles. The minimum absolute atomic E-state index is 0.287. The van der Waals surface area contributed by atoms with Crippen LogP contribution in [0.5, 0.6) is 0 Å². The quantitative estimate of drug-likeness (QED) is 0.779. The van der Waals surface area contributed by atoms with Crippen molar-refractivity contribution in [2.75, 3.05) is 6.61 Å². The maximum absolute atomic E-state index is 9.64. The summed E-state index contributed by atoms with van der Waals surface area (Å²) in [6, 6.07) is 0.866. The summed E-state index contributed by atoms with van der Waals surface area (Å²) in [5.74, 6) is 3.71. The molecule has 2 heteroatoms. The van der Waals surface area contributed by atoms with Gasteiger partial charge in [0.25, 0.3) is 0 Å². The SMILES string of the molecule is CC(C)C[C@@H](CO)NC(C)C12CC3CC(CC(C3)C1)C2. The molecule has 0 radical (unpaired) electrons. The van der Waals surface area contributed by atoms with E-state index < -0.39 is 0 Å².